The largest absolute Gasteiger partial charge is 0.493 e. The minimum atomic E-state index is -4.71. The van der Waals surface area contributed by atoms with Gasteiger partial charge in [0.1, 0.15) is 5.56 Å². The van der Waals surface area contributed by atoms with Crippen molar-refractivity contribution in [2.45, 2.75) is 12.6 Å². The normalized spacial score (nSPS) is 11.6. The van der Waals surface area contributed by atoms with Gasteiger partial charge in [-0.2, -0.15) is 18.3 Å². The number of methoxy groups -OCH3 is 2. The monoisotopic (exact) mass is 520 g/mol. The summed E-state index contributed by atoms with van der Waals surface area (Å²) < 4.78 is 53.3. The van der Waals surface area contributed by atoms with E-state index in [1.165, 1.54) is 14.2 Å². The van der Waals surface area contributed by atoms with Crippen LogP contribution in [0.4, 0.5) is 13.2 Å². The third-order valence-corrected chi connectivity index (χ3v) is 6.22. The molecule has 0 spiro atoms. The molecule has 0 aliphatic carbocycles. The van der Waals surface area contributed by atoms with Crippen LogP contribution in [0.5, 0.6) is 11.5 Å². The fourth-order valence-electron chi connectivity index (χ4n) is 4.36. The van der Waals surface area contributed by atoms with E-state index >= 15 is 0 Å². The van der Waals surface area contributed by atoms with Crippen molar-refractivity contribution >= 4 is 22.3 Å². The van der Waals surface area contributed by atoms with Crippen molar-refractivity contribution in [2.24, 2.45) is 0 Å². The molecule has 3 aromatic carbocycles. The molecule has 0 atom stereocenters. The van der Waals surface area contributed by atoms with Crippen LogP contribution in [0.15, 0.2) is 72.9 Å². The Morgan fingerprint density at radius 2 is 1.74 bits per heavy atom. The Morgan fingerprint density at radius 1 is 0.974 bits per heavy atom. The Hall–Kier alpha value is -4.60. The van der Waals surface area contributed by atoms with Gasteiger partial charge in [0.25, 0.3) is 5.91 Å². The van der Waals surface area contributed by atoms with Crippen LogP contribution >= 0.6 is 0 Å². The second kappa shape index (κ2) is 10.0. The molecule has 0 fully saturated rings. The highest BCUT2D eigenvalue weighted by Crippen LogP contribution is 2.35. The lowest BCUT2D eigenvalue weighted by molar-refractivity contribution is -0.142. The van der Waals surface area contributed by atoms with Gasteiger partial charge in [-0.25, -0.2) is 9.50 Å². The van der Waals surface area contributed by atoms with E-state index in [2.05, 4.69) is 15.4 Å². The minimum Gasteiger partial charge on any atom is -0.493 e. The smallest absolute Gasteiger partial charge is 0.433 e. The molecule has 5 aromatic rings. The first-order valence-corrected chi connectivity index (χ1v) is 11.7. The Labute approximate surface area is 215 Å². The summed E-state index contributed by atoms with van der Waals surface area (Å²) in [5.41, 5.74) is 0.267. The molecule has 10 heteroatoms. The number of amides is 1. The molecule has 0 aliphatic rings. The van der Waals surface area contributed by atoms with Crippen molar-refractivity contribution in [3.8, 4) is 22.8 Å². The van der Waals surface area contributed by atoms with Crippen LogP contribution in [0.2, 0.25) is 0 Å². The van der Waals surface area contributed by atoms with Crippen LogP contribution in [-0.2, 0) is 12.6 Å². The minimum absolute atomic E-state index is 0.0510. The molecule has 0 radical (unpaired) electrons. The van der Waals surface area contributed by atoms with Gasteiger partial charge in [-0.15, -0.1) is 0 Å². The van der Waals surface area contributed by atoms with Gasteiger partial charge in [-0.1, -0.05) is 48.5 Å². The van der Waals surface area contributed by atoms with Crippen LogP contribution < -0.4 is 14.8 Å². The fourth-order valence-corrected chi connectivity index (χ4v) is 4.36. The van der Waals surface area contributed by atoms with Gasteiger partial charge in [-0.3, -0.25) is 4.79 Å². The van der Waals surface area contributed by atoms with Gasteiger partial charge < -0.3 is 14.8 Å². The zero-order valence-electron chi connectivity index (χ0n) is 20.5. The van der Waals surface area contributed by atoms with Crippen LogP contribution in [0.1, 0.15) is 21.6 Å². The fraction of sp³-hybridized carbons (Fsp3) is 0.179. The molecule has 5 rings (SSSR count). The highest BCUT2D eigenvalue weighted by atomic mass is 19.4. The van der Waals surface area contributed by atoms with Crippen LogP contribution in [0.25, 0.3) is 27.7 Å². The Balaban J connectivity index is 1.48. The maximum absolute atomic E-state index is 14.0. The van der Waals surface area contributed by atoms with Crippen molar-refractivity contribution in [2.75, 3.05) is 20.8 Å². The summed E-state index contributed by atoms with van der Waals surface area (Å²) >= 11 is 0. The summed E-state index contributed by atoms with van der Waals surface area (Å²) in [6.45, 7) is 0.237. The number of alkyl halides is 3. The molecule has 7 nitrogen and oxygen atoms in total. The summed E-state index contributed by atoms with van der Waals surface area (Å²) in [7, 11) is 3.07. The maximum Gasteiger partial charge on any atom is 0.433 e. The van der Waals surface area contributed by atoms with E-state index in [-0.39, 0.29) is 23.4 Å². The summed E-state index contributed by atoms with van der Waals surface area (Å²) in [4.78, 5) is 17.5. The number of carbonyl (C=O) groups excluding carboxylic acids is 1. The van der Waals surface area contributed by atoms with E-state index in [1.54, 1.807) is 24.3 Å². The molecule has 38 heavy (non-hydrogen) atoms. The molecule has 2 heterocycles. The topological polar surface area (TPSA) is 77.8 Å². The summed E-state index contributed by atoms with van der Waals surface area (Å²) in [5.74, 6) is 0.570. The molecule has 0 saturated carbocycles. The van der Waals surface area contributed by atoms with E-state index in [0.29, 0.717) is 28.0 Å². The van der Waals surface area contributed by atoms with Gasteiger partial charge in [0, 0.05) is 12.1 Å². The van der Waals surface area contributed by atoms with E-state index < -0.39 is 17.8 Å². The number of nitrogens with one attached hydrogen (secondary N) is 1. The predicted molar refractivity (Wildman–Crippen MR) is 137 cm³/mol. The standard InChI is InChI=1S/C28H23F3N4O3/c1-37-23-11-10-17(14-24(23)38-2)12-13-32-27(36)21-16-33-35-25(28(29,30)31)15-22(34-26(21)35)20-9-5-7-18-6-3-4-8-19(18)20/h3-11,14-16H,12-13H2,1-2H3,(H,32,36). The Bertz CT molecular complexity index is 1640. The number of fused-ring (bicyclic) bond motifs is 2. The van der Waals surface area contributed by atoms with Crippen molar-refractivity contribution in [3.05, 3.63) is 89.7 Å². The number of carbonyl (C=O) groups is 1. The number of benzene rings is 3. The summed E-state index contributed by atoms with van der Waals surface area (Å²) in [6, 6.07) is 19.1. The number of aromatic nitrogens is 3. The number of rotatable bonds is 7. The average Bonchev–Trinajstić information content (AvgIpc) is 3.35. The second-order valence-corrected chi connectivity index (χ2v) is 8.54. The molecule has 1 N–H and O–H groups in total. The molecule has 194 valence electrons. The highest BCUT2D eigenvalue weighted by molar-refractivity contribution is 6.00. The first kappa shape index (κ1) is 25.1. The van der Waals surface area contributed by atoms with E-state index in [0.717, 1.165) is 28.6 Å². The zero-order valence-corrected chi connectivity index (χ0v) is 20.5. The maximum atomic E-state index is 14.0. The van der Waals surface area contributed by atoms with E-state index in [9.17, 15) is 18.0 Å². The molecule has 1 amide bonds. The van der Waals surface area contributed by atoms with Crippen LogP contribution in [0.3, 0.4) is 0 Å². The SMILES string of the molecule is COc1ccc(CCNC(=O)c2cnn3c(C(F)(F)F)cc(-c4cccc5ccccc45)nc23)cc1OC. The predicted octanol–water partition coefficient (Wildman–Crippen LogP) is 5.56. The van der Waals surface area contributed by atoms with Gasteiger partial charge >= 0.3 is 6.18 Å². The van der Waals surface area contributed by atoms with Crippen molar-refractivity contribution in [1.82, 2.24) is 19.9 Å². The molecule has 2 aromatic heterocycles. The lowest BCUT2D eigenvalue weighted by Gasteiger charge is -2.13. The average molecular weight is 521 g/mol. The van der Waals surface area contributed by atoms with E-state index in [1.807, 2.05) is 36.4 Å². The Morgan fingerprint density at radius 3 is 2.50 bits per heavy atom. The van der Waals surface area contributed by atoms with Gasteiger partial charge in [0.05, 0.1) is 26.1 Å². The quantitative estimate of drug-likeness (QED) is 0.304. The number of halogens is 3. The molecule has 0 unspecified atom stereocenters. The van der Waals surface area contributed by atoms with Gasteiger partial charge in [0.2, 0.25) is 0 Å². The first-order valence-electron chi connectivity index (χ1n) is 11.7. The van der Waals surface area contributed by atoms with Gasteiger partial charge in [-0.05, 0) is 41.0 Å². The lowest BCUT2D eigenvalue weighted by atomic mass is 10.0. The number of hydrogen-bond acceptors (Lipinski definition) is 5. The summed E-state index contributed by atoms with van der Waals surface area (Å²) in [6.07, 6.45) is -3.14. The van der Waals surface area contributed by atoms with Crippen molar-refractivity contribution in [1.29, 1.82) is 0 Å². The number of nitrogens with zero attached hydrogens (tertiary/aromatic N) is 3. The molecule has 0 bridgehead atoms. The molecule has 0 saturated heterocycles. The third kappa shape index (κ3) is 4.72. The summed E-state index contributed by atoms with van der Waals surface area (Å²) in [5, 5.41) is 8.22. The number of hydrogen-bond donors (Lipinski definition) is 1. The van der Waals surface area contributed by atoms with Gasteiger partial charge in [0.15, 0.2) is 22.8 Å². The van der Waals surface area contributed by atoms with Crippen LogP contribution in [0, 0.1) is 0 Å². The third-order valence-electron chi connectivity index (χ3n) is 6.22. The van der Waals surface area contributed by atoms with E-state index in [4.69, 9.17) is 9.47 Å². The van der Waals surface area contributed by atoms with Crippen LogP contribution in [-0.4, -0.2) is 41.3 Å². The number of ether oxygens (including phenoxy) is 2. The van der Waals surface area contributed by atoms with Crippen molar-refractivity contribution < 1.29 is 27.4 Å². The highest BCUT2D eigenvalue weighted by Gasteiger charge is 2.36. The molecular formula is C28H23F3N4O3. The lowest BCUT2D eigenvalue weighted by Crippen LogP contribution is -2.26. The zero-order chi connectivity index (χ0) is 26.9. The van der Waals surface area contributed by atoms with Crippen molar-refractivity contribution in [3.63, 3.8) is 0 Å². The first-order chi connectivity index (χ1) is 18.3. The molecular weight excluding hydrogens is 497 g/mol. The Kier molecular flexibility index (Phi) is 6.62. The second-order valence-electron chi connectivity index (χ2n) is 8.54. The molecule has 0 aliphatic heterocycles.